The summed E-state index contributed by atoms with van der Waals surface area (Å²) < 4.78 is 9.95. The van der Waals surface area contributed by atoms with Crippen LogP contribution in [0.5, 0.6) is 11.5 Å². The number of nitrogens with two attached hydrogens (primary N) is 2. The molecule has 7 aromatic carbocycles. The van der Waals surface area contributed by atoms with Crippen molar-refractivity contribution in [3.63, 3.8) is 0 Å². The van der Waals surface area contributed by atoms with Crippen molar-refractivity contribution in [1.82, 2.24) is 30.8 Å². The summed E-state index contributed by atoms with van der Waals surface area (Å²) in [6, 6.07) is 69.8. The Labute approximate surface area is 873 Å². The summed E-state index contributed by atoms with van der Waals surface area (Å²) in [5.41, 5.74) is 31.1. The maximum atomic E-state index is 10.3. The van der Waals surface area contributed by atoms with E-state index in [0.29, 0.717) is 22.3 Å². The molecule has 0 unspecified atom stereocenters. The second kappa shape index (κ2) is 62.7. The number of nitrogens with one attached hydrogen (secondary N) is 3. The molecule has 0 bridgehead atoms. The molecule has 782 valence electrons. The molecule has 6 heterocycles. The van der Waals surface area contributed by atoms with Crippen molar-refractivity contribution in [1.29, 1.82) is 0 Å². The number of furan rings is 1. The number of hydrogen-bond donors (Lipinski definition) is 7. The third kappa shape index (κ3) is 67.4. The number of pyridine rings is 2. The molecule has 13 rings (SSSR count). The van der Waals surface area contributed by atoms with Crippen LogP contribution in [-0.2, 0) is 74.5 Å². The summed E-state index contributed by atoms with van der Waals surface area (Å²) in [6.07, 6.45) is 14.7. The van der Waals surface area contributed by atoms with Gasteiger partial charge >= 0.3 is 0 Å². The predicted molar refractivity (Wildman–Crippen MR) is 620 cm³/mol. The molecule has 1 aliphatic heterocycles. The van der Waals surface area contributed by atoms with Gasteiger partial charge in [-0.25, -0.2) is 0 Å². The van der Waals surface area contributed by atoms with Gasteiger partial charge in [-0.15, -0.1) is 0 Å². The Kier molecular flexibility index (Phi) is 59.2. The number of nitrogens with zero attached hydrogens (tertiary/aromatic N) is 3. The number of H-pyrrole nitrogens is 1. The van der Waals surface area contributed by atoms with Crippen LogP contribution in [0.3, 0.4) is 0 Å². The van der Waals surface area contributed by atoms with Crippen molar-refractivity contribution in [2.24, 2.45) is 5.92 Å². The number of rotatable bonds is 0. The Morgan fingerprint density at radius 1 is 0.362 bits per heavy atom. The quantitative estimate of drug-likeness (QED) is 0.0710. The molecule has 1 fully saturated rings. The van der Waals surface area contributed by atoms with Crippen LogP contribution in [0.2, 0.25) is 10.0 Å². The fraction of sp³-hybridized carbons (Fsp3) is 0.488. The number of anilines is 2. The van der Waals surface area contributed by atoms with Crippen molar-refractivity contribution in [3.05, 3.63) is 350 Å². The van der Waals surface area contributed by atoms with Crippen LogP contribution in [0.4, 0.5) is 11.4 Å². The number of halogens is 2. The van der Waals surface area contributed by atoms with Crippen LogP contribution in [0.25, 0.3) is 0 Å². The van der Waals surface area contributed by atoms with E-state index in [4.69, 9.17) is 48.9 Å². The fourth-order valence-corrected chi connectivity index (χ4v) is 12.7. The molecule has 9 N–H and O–H groups in total. The lowest BCUT2D eigenvalue weighted by Gasteiger charge is -2.18. The SMILES string of the molecule is C1COCCN1.CC(=O)NC(C)(C)C.CC(C)(C)c1ccc(Cl)cc1.CC(C)(C)c1ccc(N)cc1.CC(C)(C)c1ccc(O)cc1.CC(C)(C)c1cccc(Cl)c1.CC(C)(C)c1cccc(N)c1.CC(C)(C)c1cccc(O)c1.CC(C)(C)c1ccccc1.CC(C)(C)c1cccnc1.CC(C)(C)c1ccncc1.CC(C)(C)c1ccoc1.CC(C)(C)c1ccsc1.CC(C)(C)c1cn[nH]c1.CC(C)C. The second-order valence-electron chi connectivity index (χ2n) is 49.2. The lowest BCUT2D eigenvalue weighted by molar-refractivity contribution is -0.120. The Hall–Kier alpha value is -9.80. The Morgan fingerprint density at radius 3 is 0.993 bits per heavy atom. The average molecular weight is 1990 g/mol. The van der Waals surface area contributed by atoms with Crippen molar-refractivity contribution in [3.8, 4) is 11.5 Å². The molecular weight excluding hydrogens is 1800 g/mol. The van der Waals surface area contributed by atoms with Crippen LogP contribution in [0, 0.1) is 5.92 Å². The Bertz CT molecular complexity index is 4660. The first-order chi connectivity index (χ1) is 64.3. The largest absolute Gasteiger partial charge is 0.508 e. The van der Waals surface area contributed by atoms with Crippen LogP contribution >= 0.6 is 34.5 Å². The maximum Gasteiger partial charge on any atom is 0.217 e. The Morgan fingerprint density at radius 2 is 0.738 bits per heavy atom. The van der Waals surface area contributed by atoms with Gasteiger partial charge in [0.2, 0.25) is 5.91 Å². The number of hydrogen-bond acceptors (Lipinski definition) is 12. The number of aromatic nitrogens is 4. The molecule has 1 saturated heterocycles. The lowest BCUT2D eigenvalue weighted by atomic mass is 9.87. The highest BCUT2D eigenvalue weighted by atomic mass is 35.5. The van der Waals surface area contributed by atoms with Crippen LogP contribution in [0.15, 0.2) is 277 Å². The van der Waals surface area contributed by atoms with Crippen molar-refractivity contribution in [2.75, 3.05) is 37.8 Å². The number of phenols is 2. The predicted octanol–water partition coefficient (Wildman–Crippen LogP) is 35.0. The minimum atomic E-state index is -0.0775. The number of phenolic OH excluding ortho intramolecular Hbond substituents is 2. The summed E-state index contributed by atoms with van der Waals surface area (Å²) in [7, 11) is 0. The monoisotopic (exact) mass is 1990 g/mol. The van der Waals surface area contributed by atoms with Gasteiger partial charge in [0.25, 0.3) is 0 Å². The van der Waals surface area contributed by atoms with Gasteiger partial charge in [-0.1, -0.05) is 402 Å². The van der Waals surface area contributed by atoms with Gasteiger partial charge in [0.05, 0.1) is 31.9 Å². The molecule has 1 amide bonds. The molecule has 1 aliphatic rings. The maximum absolute atomic E-state index is 10.3. The summed E-state index contributed by atoms with van der Waals surface area (Å²) in [5.74, 6) is 1.54. The fourth-order valence-electron chi connectivity index (χ4n) is 11.5. The van der Waals surface area contributed by atoms with E-state index >= 15 is 0 Å². The first-order valence-corrected chi connectivity index (χ1v) is 51.3. The minimum absolute atomic E-state index is 0.0255. The first-order valence-electron chi connectivity index (χ1n) is 49.6. The van der Waals surface area contributed by atoms with Crippen LogP contribution in [0.1, 0.15) is 364 Å². The highest BCUT2D eigenvalue weighted by Crippen LogP contribution is 2.32. The number of morpholine rings is 1. The highest BCUT2D eigenvalue weighted by molar-refractivity contribution is 7.08. The molecule has 0 radical (unpaired) electrons. The number of carbonyl (C=O) groups excluding carboxylic acids is 1. The van der Waals surface area contributed by atoms with E-state index in [0.717, 1.165) is 59.2 Å². The molecule has 5 aromatic heterocycles. The summed E-state index contributed by atoms with van der Waals surface area (Å²) in [4.78, 5) is 18.4. The van der Waals surface area contributed by atoms with E-state index in [1.165, 1.54) is 68.1 Å². The smallest absolute Gasteiger partial charge is 0.217 e. The van der Waals surface area contributed by atoms with E-state index in [-0.39, 0.29) is 65.6 Å². The third-order valence-electron chi connectivity index (χ3n) is 20.6. The average Bonchev–Trinajstić information content (AvgIpc) is 1.72. The van der Waals surface area contributed by atoms with Gasteiger partial charge in [-0.3, -0.25) is 19.9 Å². The number of aromatic hydroxyl groups is 2. The number of thiophene rings is 1. The number of aromatic amines is 1. The number of amides is 1. The van der Waals surface area contributed by atoms with E-state index in [1.807, 2.05) is 149 Å². The molecule has 13 nitrogen and oxygen atoms in total. The summed E-state index contributed by atoms with van der Waals surface area (Å²) in [5, 5.41) is 36.7. The topological polar surface area (TPSA) is 210 Å². The first kappa shape index (κ1) is 133. The number of carbonyl (C=O) groups is 1. The van der Waals surface area contributed by atoms with Gasteiger partial charge in [0, 0.05) is 78.0 Å². The van der Waals surface area contributed by atoms with Crippen molar-refractivity contribution < 1.29 is 24.2 Å². The van der Waals surface area contributed by atoms with E-state index in [1.54, 1.807) is 54.3 Å². The third-order valence-corrected chi connectivity index (χ3v) is 21.8. The Balaban J connectivity index is 0. The van der Waals surface area contributed by atoms with E-state index in [2.05, 4.69) is 403 Å². The van der Waals surface area contributed by atoms with Gasteiger partial charge < -0.3 is 41.5 Å². The van der Waals surface area contributed by atoms with Crippen molar-refractivity contribution in [2.45, 2.75) is 368 Å². The number of ether oxygens (including phenoxy) is 1. The number of benzene rings is 7. The molecule has 0 spiro atoms. The molecule has 0 aliphatic carbocycles. The standard InChI is InChI=1S/2C10H13Cl.2C10H15N.2C10H14O.C10H14.2C9H13N.C8H12O.C8H12S.C7H12N2.C6H13NO.C4H9NO.C4H10/c1-10(2,3)8-4-6-9(11)7-5-8;1-10(2,3)8-5-4-6-9(11)7-8;1-10(2,3)8-4-6-9(11)7-5-8;1-10(2,3)8-5-4-6-9(11)7-8;1-10(2,3)8-4-6-9(11)7-5-8;1-10(2,3)8-5-4-6-9(11)7-8;1-10(2,3)9-7-5-4-6-8-9;1-9(2,3)8-4-6-10-7-5-8;1-9(2,3)8-5-4-6-10-7-8;2*1-8(2,3)7-4-5-9-6-7;1-7(2,3)6-4-8-9-5-6;1-5(8)7-6(2,3)4;1-3-6-4-2-5-1;1-4(2)3/h2*4-7H,1-3H3;2*4-7H,11H2,1-3H3;2*4-7,11H,1-3H3;4-8H,1-3H3;2*4-7H,1-3H3;2*4-6H,1-3H3;4-5H,1-3H3,(H,8,9);1-4H3,(H,7,8);5H,1-4H2;4H,1-3H3. The number of nitrogen functional groups attached to an aromatic ring is 2. The van der Waals surface area contributed by atoms with Crippen molar-refractivity contribution >= 4 is 51.8 Å². The van der Waals surface area contributed by atoms with E-state index in [9.17, 15) is 9.90 Å². The highest BCUT2D eigenvalue weighted by Gasteiger charge is 2.22. The van der Waals surface area contributed by atoms with Gasteiger partial charge in [-0.05, 0) is 272 Å². The zero-order valence-electron chi connectivity index (χ0n) is 95.7. The van der Waals surface area contributed by atoms with Gasteiger partial charge in [0.15, 0.2) is 0 Å². The second-order valence-corrected chi connectivity index (χ2v) is 50.9. The zero-order chi connectivity index (χ0) is 109. The summed E-state index contributed by atoms with van der Waals surface area (Å²) in [6.45, 7) is 96.3. The molecule has 0 atom stereocenters. The lowest BCUT2D eigenvalue weighted by Crippen LogP contribution is -2.38. The molecule has 16 heteroatoms. The zero-order valence-corrected chi connectivity index (χ0v) is 98.0. The normalized spacial score (nSPS) is 12.0. The molecule has 141 heavy (non-hydrogen) atoms. The molecule has 0 saturated carbocycles. The van der Waals surface area contributed by atoms with Gasteiger partial charge in [-0.2, -0.15) is 16.4 Å². The van der Waals surface area contributed by atoms with Crippen LogP contribution in [-0.4, -0.2) is 68.1 Å². The molecule has 12 aromatic rings. The van der Waals surface area contributed by atoms with Crippen LogP contribution < -0.4 is 22.1 Å². The van der Waals surface area contributed by atoms with E-state index < -0.39 is 0 Å². The minimum Gasteiger partial charge on any atom is -0.508 e. The molecular formula is C125H192Cl2N8O5S. The summed E-state index contributed by atoms with van der Waals surface area (Å²) >= 11 is 13.4. The van der Waals surface area contributed by atoms with Gasteiger partial charge in [0.1, 0.15) is 11.5 Å².